The number of para-hydroxylation sites is 1. The van der Waals surface area contributed by atoms with Crippen molar-refractivity contribution in [2.45, 2.75) is 12.8 Å². The van der Waals surface area contributed by atoms with E-state index in [0.29, 0.717) is 17.4 Å². The van der Waals surface area contributed by atoms with Gasteiger partial charge in [0, 0.05) is 18.8 Å². The number of nitrogens with one attached hydrogen (secondary N) is 1. The van der Waals surface area contributed by atoms with Crippen LogP contribution in [0.2, 0.25) is 0 Å². The molecule has 20 heavy (non-hydrogen) atoms. The second kappa shape index (κ2) is 5.74. The summed E-state index contributed by atoms with van der Waals surface area (Å²) in [4.78, 5) is 16.0. The van der Waals surface area contributed by atoms with Crippen molar-refractivity contribution < 1.29 is 9.53 Å². The Bertz CT molecular complexity index is 594. The van der Waals surface area contributed by atoms with E-state index in [2.05, 4.69) is 10.3 Å². The fourth-order valence-corrected chi connectivity index (χ4v) is 1.87. The number of benzene rings is 1. The molecule has 1 aliphatic carbocycles. The molecule has 1 heterocycles. The fourth-order valence-electron chi connectivity index (χ4n) is 1.87. The van der Waals surface area contributed by atoms with Crippen molar-refractivity contribution in [2.75, 3.05) is 6.54 Å². The lowest BCUT2D eigenvalue weighted by atomic mass is 10.3. The number of pyridine rings is 1. The Kier molecular flexibility index (Phi) is 3.63. The zero-order valence-electron chi connectivity index (χ0n) is 11.1. The van der Waals surface area contributed by atoms with Gasteiger partial charge >= 0.3 is 0 Å². The van der Waals surface area contributed by atoms with E-state index in [-0.39, 0.29) is 5.91 Å². The second-order valence-corrected chi connectivity index (χ2v) is 4.95. The van der Waals surface area contributed by atoms with Crippen molar-refractivity contribution in [2.24, 2.45) is 5.92 Å². The van der Waals surface area contributed by atoms with Gasteiger partial charge in [-0.15, -0.1) is 0 Å². The highest BCUT2D eigenvalue weighted by molar-refractivity contribution is 5.92. The minimum absolute atomic E-state index is 0.143. The summed E-state index contributed by atoms with van der Waals surface area (Å²) < 4.78 is 5.69. The van der Waals surface area contributed by atoms with Crippen LogP contribution in [0, 0.1) is 5.92 Å². The van der Waals surface area contributed by atoms with Crippen molar-refractivity contribution >= 4 is 5.91 Å². The lowest BCUT2D eigenvalue weighted by Gasteiger charge is -2.07. The predicted molar refractivity (Wildman–Crippen MR) is 75.8 cm³/mol. The standard InChI is InChI=1S/C16H16N2O2/c19-16(18-11-12-6-7-12)15-10-14(8-9-17-15)20-13-4-2-1-3-5-13/h1-5,8-10,12H,6-7,11H2,(H,18,19). The topological polar surface area (TPSA) is 51.2 Å². The number of hydrogen-bond acceptors (Lipinski definition) is 3. The molecule has 1 fully saturated rings. The molecule has 4 heteroatoms. The SMILES string of the molecule is O=C(NCC1CC1)c1cc(Oc2ccccc2)ccn1. The molecule has 1 saturated carbocycles. The number of aromatic nitrogens is 1. The van der Waals surface area contributed by atoms with Crippen LogP contribution in [0.1, 0.15) is 23.3 Å². The second-order valence-electron chi connectivity index (χ2n) is 4.95. The Labute approximate surface area is 117 Å². The summed E-state index contributed by atoms with van der Waals surface area (Å²) in [6, 6.07) is 12.9. The summed E-state index contributed by atoms with van der Waals surface area (Å²) in [7, 11) is 0. The lowest BCUT2D eigenvalue weighted by Crippen LogP contribution is -2.26. The van der Waals surface area contributed by atoms with Gasteiger partial charge in [0.05, 0.1) is 0 Å². The maximum atomic E-state index is 12.0. The van der Waals surface area contributed by atoms with Crippen molar-refractivity contribution in [1.29, 1.82) is 0 Å². The zero-order chi connectivity index (χ0) is 13.8. The molecule has 4 nitrogen and oxygen atoms in total. The van der Waals surface area contributed by atoms with E-state index < -0.39 is 0 Å². The van der Waals surface area contributed by atoms with E-state index in [1.165, 1.54) is 12.8 Å². The van der Waals surface area contributed by atoms with Crippen LogP contribution in [0.3, 0.4) is 0 Å². The van der Waals surface area contributed by atoms with Gasteiger partial charge in [-0.2, -0.15) is 0 Å². The molecule has 0 unspecified atom stereocenters. The van der Waals surface area contributed by atoms with Gasteiger partial charge < -0.3 is 10.1 Å². The molecule has 1 amide bonds. The minimum Gasteiger partial charge on any atom is -0.457 e. The summed E-state index contributed by atoms with van der Waals surface area (Å²) in [6.45, 7) is 0.740. The number of ether oxygens (including phenoxy) is 1. The van der Waals surface area contributed by atoms with E-state index in [9.17, 15) is 4.79 Å². The lowest BCUT2D eigenvalue weighted by molar-refractivity contribution is 0.0946. The maximum absolute atomic E-state index is 12.0. The maximum Gasteiger partial charge on any atom is 0.270 e. The summed E-state index contributed by atoms with van der Waals surface area (Å²) >= 11 is 0. The molecule has 1 aromatic carbocycles. The molecule has 0 bridgehead atoms. The van der Waals surface area contributed by atoms with Crippen LogP contribution in [0.15, 0.2) is 48.7 Å². The number of nitrogens with zero attached hydrogens (tertiary/aromatic N) is 1. The molecular formula is C16H16N2O2. The molecule has 0 atom stereocenters. The molecule has 0 saturated heterocycles. The Morgan fingerprint density at radius 2 is 2.00 bits per heavy atom. The normalized spacial score (nSPS) is 13.8. The molecule has 3 rings (SSSR count). The highest BCUT2D eigenvalue weighted by Gasteiger charge is 2.22. The first kappa shape index (κ1) is 12.7. The van der Waals surface area contributed by atoms with Gasteiger partial charge in [-0.1, -0.05) is 18.2 Å². The summed E-state index contributed by atoms with van der Waals surface area (Å²) in [5.74, 6) is 1.86. The molecule has 102 valence electrons. The van der Waals surface area contributed by atoms with Crippen LogP contribution in [-0.2, 0) is 0 Å². The number of rotatable bonds is 5. The summed E-state index contributed by atoms with van der Waals surface area (Å²) in [6.07, 6.45) is 4.01. The molecule has 1 aromatic heterocycles. The van der Waals surface area contributed by atoms with Crippen LogP contribution < -0.4 is 10.1 Å². The predicted octanol–water partition coefficient (Wildman–Crippen LogP) is 3.01. The minimum atomic E-state index is -0.143. The number of hydrogen-bond donors (Lipinski definition) is 1. The first-order valence-electron chi connectivity index (χ1n) is 6.78. The monoisotopic (exact) mass is 268 g/mol. The molecule has 0 spiro atoms. The molecule has 2 aromatic rings. The number of carbonyl (C=O) groups is 1. The van der Waals surface area contributed by atoms with Crippen molar-refractivity contribution in [1.82, 2.24) is 10.3 Å². The van der Waals surface area contributed by atoms with Gasteiger partial charge in [-0.05, 0) is 37.0 Å². The van der Waals surface area contributed by atoms with Gasteiger partial charge in [-0.3, -0.25) is 9.78 Å². The average Bonchev–Trinajstić information content (AvgIpc) is 3.30. The van der Waals surface area contributed by atoms with Crippen LogP contribution in [0.25, 0.3) is 0 Å². The quantitative estimate of drug-likeness (QED) is 0.906. The van der Waals surface area contributed by atoms with Gasteiger partial charge in [-0.25, -0.2) is 0 Å². The van der Waals surface area contributed by atoms with Crippen molar-refractivity contribution in [3.63, 3.8) is 0 Å². The fraction of sp³-hybridized carbons (Fsp3) is 0.250. The Hall–Kier alpha value is -2.36. The highest BCUT2D eigenvalue weighted by Crippen LogP contribution is 2.27. The van der Waals surface area contributed by atoms with Crippen LogP contribution in [0.5, 0.6) is 11.5 Å². The Balaban J connectivity index is 1.67. The zero-order valence-corrected chi connectivity index (χ0v) is 11.1. The summed E-state index contributed by atoms with van der Waals surface area (Å²) in [5.41, 5.74) is 0.388. The van der Waals surface area contributed by atoms with Gasteiger partial charge in [0.2, 0.25) is 0 Å². The first-order chi connectivity index (χ1) is 9.81. The van der Waals surface area contributed by atoms with E-state index in [1.807, 2.05) is 30.3 Å². The molecule has 0 radical (unpaired) electrons. The third-order valence-corrected chi connectivity index (χ3v) is 3.19. The van der Waals surface area contributed by atoms with Gasteiger partial charge in [0.25, 0.3) is 5.91 Å². The largest absolute Gasteiger partial charge is 0.457 e. The van der Waals surface area contributed by atoms with E-state index in [1.54, 1.807) is 18.3 Å². The van der Waals surface area contributed by atoms with Crippen LogP contribution in [-0.4, -0.2) is 17.4 Å². The average molecular weight is 268 g/mol. The molecular weight excluding hydrogens is 252 g/mol. The van der Waals surface area contributed by atoms with E-state index >= 15 is 0 Å². The van der Waals surface area contributed by atoms with Crippen LogP contribution >= 0.6 is 0 Å². The van der Waals surface area contributed by atoms with Gasteiger partial charge in [0.15, 0.2) is 0 Å². The van der Waals surface area contributed by atoms with E-state index in [0.717, 1.165) is 12.3 Å². The first-order valence-corrected chi connectivity index (χ1v) is 6.78. The highest BCUT2D eigenvalue weighted by atomic mass is 16.5. The van der Waals surface area contributed by atoms with Crippen molar-refractivity contribution in [3.8, 4) is 11.5 Å². The van der Waals surface area contributed by atoms with E-state index in [4.69, 9.17) is 4.74 Å². The summed E-state index contributed by atoms with van der Waals surface area (Å²) in [5, 5.41) is 2.89. The smallest absolute Gasteiger partial charge is 0.270 e. The van der Waals surface area contributed by atoms with Gasteiger partial charge in [0.1, 0.15) is 17.2 Å². The Morgan fingerprint density at radius 3 is 2.75 bits per heavy atom. The van der Waals surface area contributed by atoms with Crippen molar-refractivity contribution in [3.05, 3.63) is 54.4 Å². The number of carbonyl (C=O) groups excluding carboxylic acids is 1. The third kappa shape index (κ3) is 3.35. The molecule has 1 N–H and O–H groups in total. The molecule has 1 aliphatic rings. The Morgan fingerprint density at radius 1 is 1.20 bits per heavy atom. The van der Waals surface area contributed by atoms with Crippen LogP contribution in [0.4, 0.5) is 0 Å². The third-order valence-electron chi connectivity index (χ3n) is 3.19. The molecule has 0 aliphatic heterocycles. The number of amides is 1.